The van der Waals surface area contributed by atoms with Crippen LogP contribution in [0.25, 0.3) is 32.4 Å². The number of unbranched alkanes of at least 4 members (excludes halogenated alkanes) is 1. The van der Waals surface area contributed by atoms with Gasteiger partial charge in [0.2, 0.25) is 11.8 Å². The van der Waals surface area contributed by atoms with Gasteiger partial charge in [-0.2, -0.15) is 5.10 Å². The summed E-state index contributed by atoms with van der Waals surface area (Å²) in [6.45, 7) is 13.7. The van der Waals surface area contributed by atoms with Gasteiger partial charge in [0.15, 0.2) is 16.5 Å². The van der Waals surface area contributed by atoms with Gasteiger partial charge in [0.1, 0.15) is 23.0 Å². The lowest BCUT2D eigenvalue weighted by atomic mass is 9.84. The van der Waals surface area contributed by atoms with Crippen LogP contribution in [0.1, 0.15) is 128 Å². The van der Waals surface area contributed by atoms with Gasteiger partial charge in [0, 0.05) is 69.3 Å². The van der Waals surface area contributed by atoms with E-state index in [-0.39, 0.29) is 29.5 Å². The fourth-order valence-electron chi connectivity index (χ4n) is 11.7. The maximum absolute atomic E-state index is 14.1. The number of piperidine rings is 1. The molecule has 7 aromatic rings. The molecule has 1 aliphatic carbocycles. The highest BCUT2D eigenvalue weighted by Gasteiger charge is 2.33. The van der Waals surface area contributed by atoms with Crippen LogP contribution >= 0.6 is 11.3 Å². The van der Waals surface area contributed by atoms with Crippen molar-refractivity contribution >= 4 is 73.0 Å². The second-order valence-corrected chi connectivity index (χ2v) is 23.2. The van der Waals surface area contributed by atoms with Crippen molar-refractivity contribution in [3.63, 3.8) is 0 Å². The molecule has 4 aromatic heterocycles. The summed E-state index contributed by atoms with van der Waals surface area (Å²) in [5, 5.41) is 11.6. The SMILES string of the molecule is Cc1c(OC2CCC(CCCCN3CCN(c4ccc5c(C6CCC(=O)NC6=O)nn(C)c5n4)CC3)CC2)cccc1-c1ccc(N2CCc3cccc(C(=O)Nc4nc5ccccc5s4)c3C2)nc1C(=O)OC(C)(C)C. The van der Waals surface area contributed by atoms with Gasteiger partial charge in [0.05, 0.1) is 27.9 Å². The van der Waals surface area contributed by atoms with Gasteiger partial charge in [-0.05, 0) is 156 Å². The first-order valence-electron chi connectivity index (χ1n) is 27.4. The Labute approximate surface area is 453 Å². The largest absolute Gasteiger partial charge is 0.490 e. The number of fused-ring (bicyclic) bond motifs is 3. The highest BCUT2D eigenvalue weighted by molar-refractivity contribution is 7.22. The summed E-state index contributed by atoms with van der Waals surface area (Å²) in [6.07, 6.45) is 9.57. The molecule has 16 nitrogen and oxygen atoms in total. The number of rotatable bonds is 14. The Hall–Kier alpha value is -7.24. The van der Waals surface area contributed by atoms with Gasteiger partial charge in [-0.25, -0.2) is 19.7 Å². The van der Waals surface area contributed by atoms with Crippen molar-refractivity contribution in [2.75, 3.05) is 54.4 Å². The lowest BCUT2D eigenvalue weighted by Gasteiger charge is -2.35. The summed E-state index contributed by atoms with van der Waals surface area (Å²) in [6, 6.07) is 27.8. The van der Waals surface area contributed by atoms with E-state index in [4.69, 9.17) is 19.4 Å². The summed E-state index contributed by atoms with van der Waals surface area (Å²) < 4.78 is 15.6. The third kappa shape index (κ3) is 11.4. The number of anilines is 3. The Morgan fingerprint density at radius 1 is 0.792 bits per heavy atom. The van der Waals surface area contributed by atoms with E-state index in [1.165, 1.54) is 30.6 Å². The zero-order chi connectivity index (χ0) is 53.4. The highest BCUT2D eigenvalue weighted by Crippen LogP contribution is 2.38. The molecule has 7 heterocycles. The minimum Gasteiger partial charge on any atom is -0.490 e. The number of hydrogen-bond donors (Lipinski definition) is 2. The predicted octanol–water partition coefficient (Wildman–Crippen LogP) is 10.2. The Kier molecular flexibility index (Phi) is 14.8. The molecule has 3 fully saturated rings. The van der Waals surface area contributed by atoms with Gasteiger partial charge in [-0.15, -0.1) is 0 Å². The molecular formula is C60H68N10O6S. The van der Waals surface area contributed by atoms with E-state index in [1.54, 1.807) is 4.68 Å². The van der Waals surface area contributed by atoms with Crippen LogP contribution in [-0.2, 0) is 34.3 Å². The summed E-state index contributed by atoms with van der Waals surface area (Å²) in [4.78, 5) is 74.0. The summed E-state index contributed by atoms with van der Waals surface area (Å²) >= 11 is 1.45. The number of nitrogens with one attached hydrogen (secondary N) is 2. The second-order valence-electron chi connectivity index (χ2n) is 22.2. The number of aryl methyl sites for hydroxylation is 1. The average Bonchev–Trinajstić information content (AvgIpc) is 4.09. The molecule has 3 aromatic carbocycles. The van der Waals surface area contributed by atoms with E-state index in [0.29, 0.717) is 66.0 Å². The number of ether oxygens (including phenoxy) is 2. The third-order valence-corrected chi connectivity index (χ3v) is 16.7. The highest BCUT2D eigenvalue weighted by atomic mass is 32.1. The molecule has 2 saturated heterocycles. The van der Waals surface area contributed by atoms with Gasteiger partial charge in [-0.1, -0.05) is 60.6 Å². The Bertz CT molecular complexity index is 3330. The summed E-state index contributed by atoms with van der Waals surface area (Å²) in [5.74, 6) is 1.43. The summed E-state index contributed by atoms with van der Waals surface area (Å²) in [5.41, 5.74) is 6.96. The fourth-order valence-corrected chi connectivity index (χ4v) is 12.5. The number of esters is 1. The lowest BCUT2D eigenvalue weighted by molar-refractivity contribution is -0.134. The molecule has 3 aliphatic heterocycles. The predicted molar refractivity (Wildman–Crippen MR) is 301 cm³/mol. The monoisotopic (exact) mass is 1060 g/mol. The topological polar surface area (TPSA) is 177 Å². The Morgan fingerprint density at radius 2 is 1.57 bits per heavy atom. The number of amides is 3. The lowest BCUT2D eigenvalue weighted by Crippen LogP contribution is -2.46. The Balaban J connectivity index is 0.676. The minimum atomic E-state index is -0.732. The van der Waals surface area contributed by atoms with Crippen molar-refractivity contribution in [1.29, 1.82) is 0 Å². The first-order valence-corrected chi connectivity index (χ1v) is 28.2. The van der Waals surface area contributed by atoms with Crippen LogP contribution in [0.5, 0.6) is 5.75 Å². The molecule has 11 rings (SSSR count). The van der Waals surface area contributed by atoms with E-state index >= 15 is 0 Å². The zero-order valence-corrected chi connectivity index (χ0v) is 45.6. The number of piperazine rings is 1. The van der Waals surface area contributed by atoms with Crippen LogP contribution in [0.3, 0.4) is 0 Å². The van der Waals surface area contributed by atoms with Crippen LogP contribution in [0.15, 0.2) is 84.9 Å². The van der Waals surface area contributed by atoms with Crippen molar-refractivity contribution in [2.45, 2.75) is 116 Å². The quantitative estimate of drug-likeness (QED) is 0.0598. The van der Waals surface area contributed by atoms with Crippen molar-refractivity contribution in [1.82, 2.24) is 34.9 Å². The number of aromatic nitrogens is 5. The number of carbonyl (C=O) groups excluding carboxylic acids is 4. The smallest absolute Gasteiger partial charge is 0.358 e. The van der Waals surface area contributed by atoms with E-state index in [1.807, 2.05) is 107 Å². The number of para-hydroxylation sites is 1. The molecule has 2 N–H and O–H groups in total. The van der Waals surface area contributed by atoms with Gasteiger partial charge >= 0.3 is 5.97 Å². The van der Waals surface area contributed by atoms with Crippen LogP contribution in [-0.4, -0.2) is 104 Å². The van der Waals surface area contributed by atoms with Gasteiger partial charge in [0.25, 0.3) is 5.91 Å². The van der Waals surface area contributed by atoms with E-state index in [0.717, 1.165) is 113 Å². The molecular weight excluding hydrogens is 989 g/mol. The first kappa shape index (κ1) is 51.8. The van der Waals surface area contributed by atoms with Gasteiger partial charge in [-0.3, -0.25) is 34.6 Å². The van der Waals surface area contributed by atoms with Crippen LogP contribution in [0.4, 0.5) is 16.8 Å². The van der Waals surface area contributed by atoms with Gasteiger partial charge < -0.3 is 19.3 Å². The zero-order valence-electron chi connectivity index (χ0n) is 44.8. The standard InChI is InChI=1S/C60H68N10O6S/c1-37-41(42-23-26-50(62-54(42)58(74)76-60(2,3)4)70-31-29-39-13-10-15-43(46(39)36-70)56(72)65-59-61-47-16-6-7-18-49(47)77-59)14-11-17-48(37)75-40-21-19-38(20-22-40)12-8-9-30-68-32-34-69(35-33-68)51-27-24-44-53(66-67(5)55(44)63-51)45-25-28-52(71)64-57(45)73/h6-7,10-11,13-18,23-24,26-27,38,40,45H,8-9,12,19-22,25,28-36H2,1-5H3,(H,61,65,72)(H,64,71,73). The second kappa shape index (κ2) is 22.0. The number of carbonyl (C=O) groups is 4. The van der Waals surface area contributed by atoms with E-state index < -0.39 is 17.5 Å². The summed E-state index contributed by atoms with van der Waals surface area (Å²) in [7, 11) is 1.86. The van der Waals surface area contributed by atoms with E-state index in [9.17, 15) is 19.2 Å². The molecule has 1 saturated carbocycles. The first-order chi connectivity index (χ1) is 37.2. The fraction of sp³-hybridized carbons (Fsp3) is 0.433. The number of hydrogen-bond acceptors (Lipinski definition) is 14. The molecule has 3 amide bonds. The molecule has 4 aliphatic rings. The molecule has 400 valence electrons. The number of benzene rings is 3. The maximum atomic E-state index is 14.1. The molecule has 1 atom stereocenters. The molecule has 0 bridgehead atoms. The normalized spacial score (nSPS) is 19.3. The molecule has 17 heteroatoms. The van der Waals surface area contributed by atoms with Crippen molar-refractivity contribution in [3.8, 4) is 16.9 Å². The van der Waals surface area contributed by atoms with E-state index in [2.05, 4.69) is 48.4 Å². The number of imide groups is 1. The Morgan fingerprint density at radius 3 is 2.36 bits per heavy atom. The number of nitrogens with zero attached hydrogens (tertiary/aromatic N) is 8. The van der Waals surface area contributed by atoms with Crippen molar-refractivity contribution < 1.29 is 28.7 Å². The third-order valence-electron chi connectivity index (χ3n) is 15.8. The number of pyridine rings is 2. The maximum Gasteiger partial charge on any atom is 0.358 e. The minimum absolute atomic E-state index is 0.123. The van der Waals surface area contributed by atoms with Crippen LogP contribution in [0, 0.1) is 12.8 Å². The van der Waals surface area contributed by atoms with Crippen LogP contribution < -0.4 is 25.2 Å². The molecule has 0 spiro atoms. The molecule has 77 heavy (non-hydrogen) atoms. The average molecular weight is 1060 g/mol. The van der Waals surface area contributed by atoms with Crippen molar-refractivity contribution in [2.24, 2.45) is 13.0 Å². The number of thiazole rings is 1. The van der Waals surface area contributed by atoms with Crippen molar-refractivity contribution in [3.05, 3.63) is 119 Å². The molecule has 0 radical (unpaired) electrons. The molecule has 1 unspecified atom stereocenters. The van der Waals surface area contributed by atoms with Crippen LogP contribution in [0.2, 0.25) is 0 Å².